The van der Waals surface area contributed by atoms with Gasteiger partial charge in [-0.2, -0.15) is 4.90 Å². The van der Waals surface area contributed by atoms with E-state index >= 15 is 4.39 Å². The van der Waals surface area contributed by atoms with Crippen molar-refractivity contribution in [3.05, 3.63) is 29.6 Å². The summed E-state index contributed by atoms with van der Waals surface area (Å²) in [5.41, 5.74) is -1.69. The molecule has 3 atom stereocenters. The van der Waals surface area contributed by atoms with Crippen molar-refractivity contribution in [2.75, 3.05) is 12.4 Å². The number of carbonyl (C=O) groups is 2. The fourth-order valence-corrected chi connectivity index (χ4v) is 5.71. The van der Waals surface area contributed by atoms with Crippen LogP contribution in [0.25, 0.3) is 0 Å². The fraction of sp³-hybridized carbons (Fsp3) is 0.571. The minimum Gasteiger partial charge on any atom is -0.464 e. The summed E-state index contributed by atoms with van der Waals surface area (Å²) in [5.74, 6) is -0.527. The maximum atomic E-state index is 15.3. The second-order valence-electron chi connectivity index (χ2n) is 9.48. The van der Waals surface area contributed by atoms with Crippen molar-refractivity contribution in [2.45, 2.75) is 57.5 Å². The molecule has 9 nitrogen and oxygen atoms in total. The van der Waals surface area contributed by atoms with E-state index in [1.54, 1.807) is 12.1 Å². The maximum Gasteiger partial charge on any atom is 0.494 e. The average molecular weight is 480 g/mol. The number of thioether (sulfide) groups is 1. The van der Waals surface area contributed by atoms with Crippen LogP contribution in [-0.2, 0) is 19.6 Å². The molecule has 12 heteroatoms. The number of carboxylic acid groups (broad SMARTS) is 2. The third kappa shape index (κ3) is 3.82. The molecular formula is C21H26BFN2O7S. The Hall–Kier alpha value is -2.15. The Balaban J connectivity index is 1.82. The fourth-order valence-electron chi connectivity index (χ4n) is 4.32. The summed E-state index contributed by atoms with van der Waals surface area (Å²) in [6.07, 6.45) is -3.65. The lowest BCUT2D eigenvalue weighted by Gasteiger charge is -2.37. The number of hydrogen-bond acceptors (Lipinski definition) is 7. The van der Waals surface area contributed by atoms with E-state index < -0.39 is 41.9 Å². The highest BCUT2D eigenvalue weighted by Crippen LogP contribution is 2.49. The number of amidine groups is 1. The number of benzene rings is 1. The lowest BCUT2D eigenvalue weighted by Crippen LogP contribution is -2.47. The Kier molecular flexibility index (Phi) is 5.79. The third-order valence-corrected chi connectivity index (χ3v) is 8.05. The van der Waals surface area contributed by atoms with Crippen molar-refractivity contribution in [3.8, 4) is 0 Å². The van der Waals surface area contributed by atoms with Crippen LogP contribution in [0.5, 0.6) is 0 Å². The number of imide groups is 1. The van der Waals surface area contributed by atoms with E-state index in [4.69, 9.17) is 14.0 Å². The number of fused-ring (bicyclic) bond motifs is 1. The van der Waals surface area contributed by atoms with Gasteiger partial charge in [0.25, 0.3) is 0 Å². The van der Waals surface area contributed by atoms with Crippen LogP contribution in [0.15, 0.2) is 23.2 Å². The summed E-state index contributed by atoms with van der Waals surface area (Å²) in [6.45, 7) is 9.50. The van der Waals surface area contributed by atoms with Crippen molar-refractivity contribution >= 4 is 41.7 Å². The highest BCUT2D eigenvalue weighted by Gasteiger charge is 2.55. The molecule has 0 unspecified atom stereocenters. The standard InChI is InChI=1S/C21H26BFN2O7S/c1-11-14-9-33-16(25(17(26)27)18(28)29)24-21(14,10-30-11)13-8-12(6-7-15(13)23)22-31-19(2,3)20(4,5)32-22/h6-8,11,14H,9-10H2,1-5H3,(H,26,27)(H,28,29)/t11-,14-,21-/m1/s1. The Morgan fingerprint density at radius 2 is 1.79 bits per heavy atom. The van der Waals surface area contributed by atoms with Gasteiger partial charge in [-0.1, -0.05) is 23.9 Å². The van der Waals surface area contributed by atoms with E-state index in [1.165, 1.54) is 6.07 Å². The molecule has 2 amide bonds. The Morgan fingerprint density at radius 1 is 1.18 bits per heavy atom. The van der Waals surface area contributed by atoms with Gasteiger partial charge in [-0.15, -0.1) is 0 Å². The number of nitrogens with zero attached hydrogens (tertiary/aromatic N) is 2. The minimum atomic E-state index is -1.68. The zero-order valence-corrected chi connectivity index (χ0v) is 19.8. The molecule has 3 heterocycles. The molecule has 2 N–H and O–H groups in total. The second kappa shape index (κ2) is 7.97. The highest BCUT2D eigenvalue weighted by molar-refractivity contribution is 8.13. The molecule has 2 saturated heterocycles. The molecule has 0 saturated carbocycles. The van der Waals surface area contributed by atoms with Crippen LogP contribution in [0.4, 0.5) is 14.0 Å². The van der Waals surface area contributed by atoms with Crippen LogP contribution < -0.4 is 5.46 Å². The van der Waals surface area contributed by atoms with Crippen molar-refractivity contribution < 1.29 is 38.2 Å². The predicted molar refractivity (Wildman–Crippen MR) is 120 cm³/mol. The van der Waals surface area contributed by atoms with Crippen molar-refractivity contribution in [1.29, 1.82) is 0 Å². The first-order valence-electron chi connectivity index (χ1n) is 10.5. The lowest BCUT2D eigenvalue weighted by atomic mass is 9.73. The lowest BCUT2D eigenvalue weighted by molar-refractivity contribution is 0.00578. The van der Waals surface area contributed by atoms with Gasteiger partial charge in [0.15, 0.2) is 5.17 Å². The smallest absolute Gasteiger partial charge is 0.464 e. The van der Waals surface area contributed by atoms with E-state index in [2.05, 4.69) is 4.99 Å². The number of amides is 2. The van der Waals surface area contributed by atoms with Gasteiger partial charge in [0.1, 0.15) is 11.4 Å². The average Bonchev–Trinajstić information content (AvgIpc) is 3.14. The molecule has 0 spiro atoms. The van der Waals surface area contributed by atoms with Crippen LogP contribution in [0.2, 0.25) is 0 Å². The van der Waals surface area contributed by atoms with Gasteiger partial charge in [-0.25, -0.2) is 19.0 Å². The summed E-state index contributed by atoms with van der Waals surface area (Å²) in [6, 6.07) is 4.48. The normalized spacial score (nSPS) is 30.0. The molecule has 2 fully saturated rings. The first kappa shape index (κ1) is 24.0. The van der Waals surface area contributed by atoms with Gasteiger partial charge in [0, 0.05) is 17.2 Å². The maximum absolute atomic E-state index is 15.3. The predicted octanol–water partition coefficient (Wildman–Crippen LogP) is 3.12. The third-order valence-electron chi connectivity index (χ3n) is 6.99. The number of rotatable bonds is 2. The molecule has 33 heavy (non-hydrogen) atoms. The highest BCUT2D eigenvalue weighted by atomic mass is 32.2. The topological polar surface area (TPSA) is 118 Å². The molecule has 0 bridgehead atoms. The molecule has 1 aromatic rings. The molecule has 3 aliphatic heterocycles. The van der Waals surface area contributed by atoms with Gasteiger partial charge in [-0.05, 0) is 46.1 Å². The monoisotopic (exact) mass is 480 g/mol. The Labute approximate surface area is 195 Å². The van der Waals surface area contributed by atoms with Crippen LogP contribution in [0, 0.1) is 11.7 Å². The van der Waals surface area contributed by atoms with Gasteiger partial charge < -0.3 is 24.3 Å². The van der Waals surface area contributed by atoms with Crippen molar-refractivity contribution in [3.63, 3.8) is 0 Å². The molecular weight excluding hydrogens is 454 g/mol. The van der Waals surface area contributed by atoms with E-state index in [0.717, 1.165) is 11.8 Å². The molecule has 178 valence electrons. The molecule has 0 aliphatic carbocycles. The number of ether oxygens (including phenoxy) is 1. The number of aliphatic imine (C=N–C) groups is 1. The van der Waals surface area contributed by atoms with Crippen LogP contribution in [0.1, 0.15) is 40.2 Å². The Morgan fingerprint density at radius 3 is 2.36 bits per heavy atom. The molecule has 1 aromatic carbocycles. The van der Waals surface area contributed by atoms with Gasteiger partial charge in [0.05, 0.1) is 23.9 Å². The van der Waals surface area contributed by atoms with Crippen LogP contribution >= 0.6 is 11.8 Å². The SMILES string of the molecule is C[C@H]1OC[C@]2(c3cc(B4OC(C)(C)C(C)(C)O4)ccc3F)N=C(N(C(=O)O)C(=O)O)SC[C@H]12. The van der Waals surface area contributed by atoms with Gasteiger partial charge in [-0.3, -0.25) is 0 Å². The summed E-state index contributed by atoms with van der Waals surface area (Å²) < 4.78 is 33.3. The quantitative estimate of drug-likeness (QED) is 0.621. The summed E-state index contributed by atoms with van der Waals surface area (Å²) in [5, 5.41) is 18.6. The Bertz CT molecular complexity index is 1010. The summed E-state index contributed by atoms with van der Waals surface area (Å²) in [4.78, 5) is 27.8. The first-order chi connectivity index (χ1) is 15.3. The van der Waals surface area contributed by atoms with Crippen molar-refractivity contribution in [1.82, 2.24) is 4.90 Å². The molecule has 3 aliphatic rings. The summed E-state index contributed by atoms with van der Waals surface area (Å²) in [7, 11) is -0.736. The van der Waals surface area contributed by atoms with E-state index in [0.29, 0.717) is 11.2 Å². The summed E-state index contributed by atoms with van der Waals surface area (Å²) >= 11 is 0.999. The van der Waals surface area contributed by atoms with Crippen LogP contribution in [0.3, 0.4) is 0 Å². The van der Waals surface area contributed by atoms with Gasteiger partial charge in [0.2, 0.25) is 0 Å². The van der Waals surface area contributed by atoms with E-state index in [-0.39, 0.29) is 34.3 Å². The largest absolute Gasteiger partial charge is 0.494 e. The van der Waals surface area contributed by atoms with Crippen molar-refractivity contribution in [2.24, 2.45) is 10.9 Å². The molecule has 0 radical (unpaired) electrons. The number of hydrogen-bond donors (Lipinski definition) is 2. The first-order valence-corrected chi connectivity index (χ1v) is 11.5. The second-order valence-corrected chi connectivity index (χ2v) is 10.5. The van der Waals surface area contributed by atoms with E-state index in [1.807, 2.05) is 34.6 Å². The van der Waals surface area contributed by atoms with Crippen LogP contribution in [-0.4, -0.2) is 69.3 Å². The van der Waals surface area contributed by atoms with Gasteiger partial charge >= 0.3 is 19.3 Å². The molecule has 4 rings (SSSR count). The number of halogens is 1. The zero-order valence-electron chi connectivity index (χ0n) is 19.0. The zero-order chi connectivity index (χ0) is 24.3. The minimum absolute atomic E-state index is 0.0142. The molecule has 0 aromatic heterocycles. The van der Waals surface area contributed by atoms with E-state index in [9.17, 15) is 19.8 Å².